The molecule has 3 aromatic rings. The smallest absolute Gasteiger partial charge is 0.271 e. The molecule has 0 radical (unpaired) electrons. The third kappa shape index (κ3) is 4.15. The minimum atomic E-state index is -3.23. The molecule has 0 fully saturated rings. The molecule has 1 atom stereocenters. The van der Waals surface area contributed by atoms with Gasteiger partial charge >= 0.3 is 0 Å². The molecule has 3 rings (SSSR count). The SMILES string of the molecule is CC(NC(=O)c1csc(-c2ccsc2)n1)c1ccc(S(C)(=O)=O)cc1. The van der Waals surface area contributed by atoms with Crippen LogP contribution in [0.1, 0.15) is 29.0 Å². The van der Waals surface area contributed by atoms with Gasteiger partial charge in [-0.25, -0.2) is 13.4 Å². The van der Waals surface area contributed by atoms with E-state index in [0.29, 0.717) is 5.69 Å². The summed E-state index contributed by atoms with van der Waals surface area (Å²) in [5.74, 6) is -0.252. The molecule has 0 spiro atoms. The van der Waals surface area contributed by atoms with Crippen LogP contribution in [0.4, 0.5) is 0 Å². The third-order valence-electron chi connectivity index (χ3n) is 3.66. The van der Waals surface area contributed by atoms with Crippen molar-refractivity contribution in [3.63, 3.8) is 0 Å². The summed E-state index contributed by atoms with van der Waals surface area (Å²) in [5.41, 5.74) is 2.22. The van der Waals surface area contributed by atoms with Gasteiger partial charge in [0.2, 0.25) is 0 Å². The van der Waals surface area contributed by atoms with Crippen molar-refractivity contribution in [2.75, 3.05) is 6.26 Å². The van der Waals surface area contributed by atoms with E-state index < -0.39 is 9.84 Å². The molecule has 1 amide bonds. The van der Waals surface area contributed by atoms with Gasteiger partial charge in [0.15, 0.2) is 9.84 Å². The largest absolute Gasteiger partial charge is 0.344 e. The summed E-state index contributed by atoms with van der Waals surface area (Å²) in [7, 11) is -3.23. The van der Waals surface area contributed by atoms with E-state index in [1.165, 1.54) is 17.6 Å². The van der Waals surface area contributed by atoms with Gasteiger partial charge in [-0.3, -0.25) is 4.79 Å². The highest BCUT2D eigenvalue weighted by Gasteiger charge is 2.16. The number of carbonyl (C=O) groups excluding carboxylic acids is 1. The van der Waals surface area contributed by atoms with E-state index in [2.05, 4.69) is 10.3 Å². The van der Waals surface area contributed by atoms with Gasteiger partial charge in [-0.2, -0.15) is 11.3 Å². The molecule has 0 aliphatic carbocycles. The maximum Gasteiger partial charge on any atom is 0.271 e. The Morgan fingerprint density at radius 1 is 1.16 bits per heavy atom. The molecule has 5 nitrogen and oxygen atoms in total. The van der Waals surface area contributed by atoms with Crippen LogP contribution in [0.2, 0.25) is 0 Å². The molecule has 2 aromatic heterocycles. The second-order valence-electron chi connectivity index (χ2n) is 5.59. The fourth-order valence-electron chi connectivity index (χ4n) is 2.25. The zero-order valence-electron chi connectivity index (χ0n) is 13.6. The van der Waals surface area contributed by atoms with Gasteiger partial charge in [-0.1, -0.05) is 12.1 Å². The highest BCUT2D eigenvalue weighted by Crippen LogP contribution is 2.26. The Kier molecular flexibility index (Phi) is 5.03. The second-order valence-corrected chi connectivity index (χ2v) is 9.24. The molecule has 1 aromatic carbocycles. The first-order valence-corrected chi connectivity index (χ1v) is 11.1. The normalized spacial score (nSPS) is 12.7. The molecule has 0 saturated heterocycles. The highest BCUT2D eigenvalue weighted by atomic mass is 32.2. The Labute approximate surface area is 154 Å². The van der Waals surface area contributed by atoms with E-state index in [1.54, 1.807) is 41.0 Å². The zero-order chi connectivity index (χ0) is 18.0. The number of thiophene rings is 1. The second kappa shape index (κ2) is 7.07. The van der Waals surface area contributed by atoms with Crippen molar-refractivity contribution in [2.45, 2.75) is 17.9 Å². The van der Waals surface area contributed by atoms with Crippen LogP contribution in [0.15, 0.2) is 51.4 Å². The van der Waals surface area contributed by atoms with Gasteiger partial charge in [-0.05, 0) is 36.1 Å². The molecule has 0 bridgehead atoms. The van der Waals surface area contributed by atoms with Crippen molar-refractivity contribution in [3.05, 3.63) is 57.7 Å². The van der Waals surface area contributed by atoms with Crippen LogP contribution in [0.25, 0.3) is 10.6 Å². The lowest BCUT2D eigenvalue weighted by Crippen LogP contribution is -2.26. The summed E-state index contributed by atoms with van der Waals surface area (Å²) in [6.07, 6.45) is 1.17. The van der Waals surface area contributed by atoms with Crippen molar-refractivity contribution < 1.29 is 13.2 Å². The average molecular weight is 393 g/mol. The van der Waals surface area contributed by atoms with Crippen molar-refractivity contribution in [2.24, 2.45) is 0 Å². The van der Waals surface area contributed by atoms with E-state index in [1.807, 2.05) is 23.8 Å². The Hall–Kier alpha value is -2.03. The zero-order valence-corrected chi connectivity index (χ0v) is 16.0. The van der Waals surface area contributed by atoms with Crippen LogP contribution in [0, 0.1) is 0 Å². The van der Waals surface area contributed by atoms with Gasteiger partial charge in [0, 0.05) is 22.6 Å². The molecule has 130 valence electrons. The molecule has 8 heteroatoms. The Morgan fingerprint density at radius 3 is 2.48 bits per heavy atom. The fraction of sp³-hybridized carbons (Fsp3) is 0.176. The minimum absolute atomic E-state index is 0.252. The number of benzene rings is 1. The number of thiazole rings is 1. The van der Waals surface area contributed by atoms with Crippen LogP contribution in [0.3, 0.4) is 0 Å². The van der Waals surface area contributed by atoms with Gasteiger partial charge < -0.3 is 5.32 Å². The summed E-state index contributed by atoms with van der Waals surface area (Å²) in [4.78, 5) is 17.0. The van der Waals surface area contributed by atoms with E-state index in [4.69, 9.17) is 0 Å². The lowest BCUT2D eigenvalue weighted by atomic mass is 10.1. The van der Waals surface area contributed by atoms with Gasteiger partial charge in [0.05, 0.1) is 10.9 Å². The Balaban J connectivity index is 1.70. The average Bonchev–Trinajstić information content (AvgIpc) is 3.25. The van der Waals surface area contributed by atoms with Crippen LogP contribution < -0.4 is 5.32 Å². The van der Waals surface area contributed by atoms with Gasteiger partial charge in [0.1, 0.15) is 10.7 Å². The van der Waals surface area contributed by atoms with Crippen LogP contribution >= 0.6 is 22.7 Å². The molecular formula is C17H16N2O3S3. The van der Waals surface area contributed by atoms with E-state index >= 15 is 0 Å². The standard InChI is InChI=1S/C17H16N2O3S3/c1-11(12-3-5-14(6-4-12)25(2,21)22)18-16(20)15-10-24-17(19-15)13-7-8-23-9-13/h3-11H,1-2H3,(H,18,20). The highest BCUT2D eigenvalue weighted by molar-refractivity contribution is 7.90. The number of nitrogens with zero attached hydrogens (tertiary/aromatic N) is 1. The number of nitrogens with one attached hydrogen (secondary N) is 1. The monoisotopic (exact) mass is 392 g/mol. The summed E-state index contributed by atoms with van der Waals surface area (Å²) in [5, 5.41) is 9.41. The quantitative estimate of drug-likeness (QED) is 0.717. The number of amides is 1. The number of hydrogen-bond donors (Lipinski definition) is 1. The number of carbonyl (C=O) groups is 1. The molecule has 1 unspecified atom stereocenters. The van der Waals surface area contributed by atoms with Gasteiger partial charge in [-0.15, -0.1) is 11.3 Å². The molecule has 0 aliphatic heterocycles. The number of sulfone groups is 1. The van der Waals surface area contributed by atoms with Crippen molar-refractivity contribution in [3.8, 4) is 10.6 Å². The van der Waals surface area contributed by atoms with Crippen LogP contribution in [-0.4, -0.2) is 25.6 Å². The van der Waals surface area contributed by atoms with Gasteiger partial charge in [0.25, 0.3) is 5.91 Å². The topological polar surface area (TPSA) is 76.1 Å². The first-order chi connectivity index (χ1) is 11.8. The maximum absolute atomic E-state index is 12.4. The molecule has 0 saturated carbocycles. The van der Waals surface area contributed by atoms with Crippen LogP contribution in [-0.2, 0) is 9.84 Å². The molecular weight excluding hydrogens is 376 g/mol. The summed E-state index contributed by atoms with van der Waals surface area (Å²) < 4.78 is 23.0. The maximum atomic E-state index is 12.4. The van der Waals surface area contributed by atoms with Crippen molar-refractivity contribution in [1.29, 1.82) is 0 Å². The summed E-state index contributed by atoms with van der Waals surface area (Å²) >= 11 is 3.02. The minimum Gasteiger partial charge on any atom is -0.344 e. The number of aromatic nitrogens is 1. The fourth-order valence-corrected chi connectivity index (χ4v) is 4.40. The lowest BCUT2D eigenvalue weighted by Gasteiger charge is -2.13. The van der Waals surface area contributed by atoms with Crippen LogP contribution in [0.5, 0.6) is 0 Å². The number of rotatable bonds is 5. The third-order valence-corrected chi connectivity index (χ3v) is 6.36. The molecule has 0 aliphatic rings. The van der Waals surface area contributed by atoms with Crippen molar-refractivity contribution in [1.82, 2.24) is 10.3 Å². The molecule has 2 heterocycles. The summed E-state index contributed by atoms with van der Waals surface area (Å²) in [6, 6.07) is 8.22. The Morgan fingerprint density at radius 2 is 1.88 bits per heavy atom. The molecule has 1 N–H and O–H groups in total. The Bertz CT molecular complexity index is 975. The predicted molar refractivity (Wildman–Crippen MR) is 101 cm³/mol. The summed E-state index contributed by atoms with van der Waals surface area (Å²) in [6.45, 7) is 1.85. The van der Waals surface area contributed by atoms with E-state index in [-0.39, 0.29) is 16.8 Å². The number of hydrogen-bond acceptors (Lipinski definition) is 6. The predicted octanol–water partition coefficient (Wildman–Crippen LogP) is 3.77. The first kappa shape index (κ1) is 17.8. The lowest BCUT2D eigenvalue weighted by molar-refractivity contribution is 0.0935. The molecule has 25 heavy (non-hydrogen) atoms. The van der Waals surface area contributed by atoms with Crippen molar-refractivity contribution >= 4 is 38.4 Å². The van der Waals surface area contributed by atoms with E-state index in [9.17, 15) is 13.2 Å². The first-order valence-electron chi connectivity index (χ1n) is 7.43. The van der Waals surface area contributed by atoms with E-state index in [0.717, 1.165) is 16.1 Å².